The summed E-state index contributed by atoms with van der Waals surface area (Å²) in [5.74, 6) is 1.86. The second-order valence-corrected chi connectivity index (χ2v) is 6.71. The van der Waals surface area contributed by atoms with Crippen LogP contribution in [0.15, 0.2) is 33.7 Å². The van der Waals surface area contributed by atoms with Crippen molar-refractivity contribution in [3.63, 3.8) is 0 Å². The highest BCUT2D eigenvalue weighted by atomic mass is 127. The summed E-state index contributed by atoms with van der Waals surface area (Å²) in [7, 11) is 0. The summed E-state index contributed by atoms with van der Waals surface area (Å²) in [6, 6.07) is 8.34. The molecule has 6 nitrogen and oxygen atoms in total. The zero-order chi connectivity index (χ0) is 16.1. The zero-order valence-electron chi connectivity index (χ0n) is 13.3. The van der Waals surface area contributed by atoms with Crippen LogP contribution in [0.3, 0.4) is 0 Å². The predicted octanol–water partition coefficient (Wildman–Crippen LogP) is 3.59. The number of halogens is 2. The summed E-state index contributed by atoms with van der Waals surface area (Å²) in [5, 5.41) is 10.4. The fourth-order valence-electron chi connectivity index (χ4n) is 2.76. The maximum absolute atomic E-state index is 5.96. The van der Waals surface area contributed by atoms with Crippen molar-refractivity contribution in [1.29, 1.82) is 0 Å². The van der Waals surface area contributed by atoms with E-state index in [1.54, 1.807) is 0 Å². The van der Waals surface area contributed by atoms with Crippen LogP contribution in [0.4, 0.5) is 0 Å². The lowest BCUT2D eigenvalue weighted by atomic mass is 9.96. The van der Waals surface area contributed by atoms with Crippen LogP contribution in [0.1, 0.15) is 37.9 Å². The molecule has 0 radical (unpaired) electrons. The van der Waals surface area contributed by atoms with Crippen LogP contribution in [0.25, 0.3) is 11.4 Å². The number of H-pyrrole nitrogens is 1. The molecule has 0 spiro atoms. The number of aliphatic imine (C=N–C) groups is 1. The molecule has 1 aromatic heterocycles. The number of aromatic amines is 1. The summed E-state index contributed by atoms with van der Waals surface area (Å²) < 4.78 is 1.03. The lowest BCUT2D eigenvalue weighted by Crippen LogP contribution is -2.41. The fourth-order valence-corrected chi connectivity index (χ4v) is 3.02. The molecule has 0 aliphatic heterocycles. The summed E-state index contributed by atoms with van der Waals surface area (Å²) in [6.45, 7) is 0.398. The van der Waals surface area contributed by atoms with Gasteiger partial charge in [0.15, 0.2) is 11.8 Å². The van der Waals surface area contributed by atoms with E-state index in [2.05, 4.69) is 41.4 Å². The van der Waals surface area contributed by atoms with E-state index < -0.39 is 0 Å². The molecule has 0 amide bonds. The van der Waals surface area contributed by atoms with Crippen LogP contribution in [-0.2, 0) is 6.54 Å². The predicted molar refractivity (Wildman–Crippen MR) is 110 cm³/mol. The Morgan fingerprint density at radius 1 is 1.25 bits per heavy atom. The molecule has 24 heavy (non-hydrogen) atoms. The number of rotatable bonds is 4. The molecular weight excluding hydrogens is 483 g/mol. The summed E-state index contributed by atoms with van der Waals surface area (Å²) in [5.41, 5.74) is 6.92. The van der Waals surface area contributed by atoms with Gasteiger partial charge in [-0.05, 0) is 25.0 Å². The van der Waals surface area contributed by atoms with E-state index in [9.17, 15) is 0 Å². The van der Waals surface area contributed by atoms with Gasteiger partial charge in [-0.3, -0.25) is 5.10 Å². The van der Waals surface area contributed by atoms with Crippen LogP contribution in [-0.4, -0.2) is 27.2 Å². The number of benzene rings is 1. The maximum Gasteiger partial charge on any atom is 0.189 e. The molecule has 0 saturated heterocycles. The van der Waals surface area contributed by atoms with Gasteiger partial charge in [0.2, 0.25) is 0 Å². The smallest absolute Gasteiger partial charge is 0.189 e. The van der Waals surface area contributed by atoms with E-state index in [-0.39, 0.29) is 24.0 Å². The third-order valence-electron chi connectivity index (χ3n) is 3.99. The monoisotopic (exact) mass is 504 g/mol. The van der Waals surface area contributed by atoms with E-state index in [4.69, 9.17) is 5.73 Å². The Bertz CT molecular complexity index is 663. The molecule has 1 aliphatic rings. The Balaban J connectivity index is 0.00000208. The first-order valence-corrected chi connectivity index (χ1v) is 8.74. The summed E-state index contributed by atoms with van der Waals surface area (Å²) in [6.07, 6.45) is 6.21. The average molecular weight is 505 g/mol. The summed E-state index contributed by atoms with van der Waals surface area (Å²) >= 11 is 3.42. The third-order valence-corrected chi connectivity index (χ3v) is 4.52. The standard InChI is InChI=1S/C16H21BrN6.HI/c17-12-8-6-11(7-9-12)15-21-14(22-23-15)10-19-16(18)20-13-4-2-1-3-5-13;/h6-9,13H,1-5,10H2,(H3,18,19,20)(H,21,22,23);1H. The van der Waals surface area contributed by atoms with E-state index in [0.29, 0.717) is 30.2 Å². The van der Waals surface area contributed by atoms with E-state index in [1.165, 1.54) is 32.1 Å². The Kier molecular flexibility index (Phi) is 7.47. The van der Waals surface area contributed by atoms with Gasteiger partial charge in [0.1, 0.15) is 12.4 Å². The normalized spacial score (nSPS) is 15.8. The van der Waals surface area contributed by atoms with Crippen molar-refractivity contribution in [2.24, 2.45) is 10.7 Å². The zero-order valence-corrected chi connectivity index (χ0v) is 17.3. The van der Waals surface area contributed by atoms with E-state index in [1.807, 2.05) is 24.3 Å². The second kappa shape index (κ2) is 9.36. The number of nitrogens with two attached hydrogens (primary N) is 1. The number of nitrogens with zero attached hydrogens (tertiary/aromatic N) is 3. The molecule has 130 valence electrons. The number of guanidine groups is 1. The minimum Gasteiger partial charge on any atom is -0.370 e. The molecule has 2 aromatic rings. The number of nitrogens with one attached hydrogen (secondary N) is 2. The number of aromatic nitrogens is 3. The van der Waals surface area contributed by atoms with Crippen molar-refractivity contribution in [1.82, 2.24) is 20.5 Å². The van der Waals surface area contributed by atoms with Crippen LogP contribution in [0.2, 0.25) is 0 Å². The topological polar surface area (TPSA) is 92.0 Å². The summed E-state index contributed by atoms with van der Waals surface area (Å²) in [4.78, 5) is 8.81. The van der Waals surface area contributed by atoms with Gasteiger partial charge in [0.25, 0.3) is 0 Å². The van der Waals surface area contributed by atoms with Crippen molar-refractivity contribution in [3.8, 4) is 11.4 Å². The molecule has 3 rings (SSSR count). The highest BCUT2D eigenvalue weighted by molar-refractivity contribution is 14.0. The molecule has 1 heterocycles. The quantitative estimate of drug-likeness (QED) is 0.337. The molecule has 1 aliphatic carbocycles. The van der Waals surface area contributed by atoms with Gasteiger partial charge in [-0.15, -0.1) is 24.0 Å². The average Bonchev–Trinajstić information content (AvgIpc) is 3.04. The lowest BCUT2D eigenvalue weighted by molar-refractivity contribution is 0.412. The Hall–Kier alpha value is -1.16. The van der Waals surface area contributed by atoms with E-state index in [0.717, 1.165) is 10.0 Å². The molecule has 0 bridgehead atoms. The maximum atomic E-state index is 5.96. The molecule has 8 heteroatoms. The van der Waals surface area contributed by atoms with E-state index >= 15 is 0 Å². The second-order valence-electron chi connectivity index (χ2n) is 5.79. The van der Waals surface area contributed by atoms with Crippen molar-refractivity contribution in [2.45, 2.75) is 44.7 Å². The Morgan fingerprint density at radius 3 is 2.67 bits per heavy atom. The minimum absolute atomic E-state index is 0. The van der Waals surface area contributed by atoms with Gasteiger partial charge in [-0.2, -0.15) is 5.10 Å². The molecule has 0 atom stereocenters. The van der Waals surface area contributed by atoms with Gasteiger partial charge in [-0.25, -0.2) is 9.98 Å². The molecular formula is C16H22BrIN6. The Labute approximate surface area is 167 Å². The molecule has 1 aromatic carbocycles. The Morgan fingerprint density at radius 2 is 1.96 bits per heavy atom. The van der Waals surface area contributed by atoms with Crippen molar-refractivity contribution >= 4 is 45.9 Å². The first kappa shape index (κ1) is 19.2. The highest BCUT2D eigenvalue weighted by Gasteiger charge is 2.13. The first-order chi connectivity index (χ1) is 11.2. The third kappa shape index (κ3) is 5.44. The SMILES string of the molecule is I.NC(=NCc1nc(-c2ccc(Br)cc2)n[nH]1)NC1CCCCC1. The highest BCUT2D eigenvalue weighted by Crippen LogP contribution is 2.18. The number of hydrogen-bond acceptors (Lipinski definition) is 3. The van der Waals surface area contributed by atoms with Crippen molar-refractivity contribution in [2.75, 3.05) is 0 Å². The van der Waals surface area contributed by atoms with Gasteiger partial charge >= 0.3 is 0 Å². The first-order valence-electron chi connectivity index (χ1n) is 7.94. The van der Waals surface area contributed by atoms with Gasteiger partial charge in [0.05, 0.1) is 0 Å². The molecule has 1 fully saturated rings. The van der Waals surface area contributed by atoms with Crippen molar-refractivity contribution < 1.29 is 0 Å². The van der Waals surface area contributed by atoms with Crippen molar-refractivity contribution in [3.05, 3.63) is 34.6 Å². The molecule has 0 unspecified atom stereocenters. The van der Waals surface area contributed by atoms with Gasteiger partial charge in [-0.1, -0.05) is 47.3 Å². The fraction of sp³-hybridized carbons (Fsp3) is 0.438. The van der Waals surface area contributed by atoms with Crippen LogP contribution >= 0.6 is 39.9 Å². The number of hydrogen-bond donors (Lipinski definition) is 3. The van der Waals surface area contributed by atoms with Crippen LogP contribution in [0.5, 0.6) is 0 Å². The van der Waals surface area contributed by atoms with Gasteiger partial charge < -0.3 is 11.1 Å². The van der Waals surface area contributed by atoms with Crippen LogP contribution < -0.4 is 11.1 Å². The largest absolute Gasteiger partial charge is 0.370 e. The minimum atomic E-state index is 0. The van der Waals surface area contributed by atoms with Crippen LogP contribution in [0, 0.1) is 0 Å². The van der Waals surface area contributed by atoms with Gasteiger partial charge in [0, 0.05) is 16.1 Å². The lowest BCUT2D eigenvalue weighted by Gasteiger charge is -2.23. The molecule has 1 saturated carbocycles. The molecule has 4 N–H and O–H groups in total.